The van der Waals surface area contributed by atoms with Crippen molar-refractivity contribution in [2.24, 2.45) is 45.3 Å². The number of hydrogen-bond acceptors (Lipinski definition) is 0. The molecule has 0 aliphatic heterocycles. The molecule has 10 atom stereocenters. The minimum atomic E-state index is -0.538. The molecule has 0 radical (unpaired) electrons. The van der Waals surface area contributed by atoms with Crippen LogP contribution in [0.15, 0.2) is 48.6 Å². The smallest absolute Gasteiger partial charge is 0.108 e. The van der Waals surface area contributed by atoms with Crippen molar-refractivity contribution in [3.8, 4) is 0 Å². The van der Waals surface area contributed by atoms with Crippen molar-refractivity contribution < 1.29 is 21.7 Å². The van der Waals surface area contributed by atoms with E-state index in [2.05, 4.69) is 72.5 Å². The van der Waals surface area contributed by atoms with Gasteiger partial charge >= 0.3 is 0 Å². The summed E-state index contributed by atoms with van der Waals surface area (Å²) < 4.78 is 0. The average molecular weight is 605 g/mol. The molecule has 0 aromatic carbocycles. The zero-order valence-electron chi connectivity index (χ0n) is 21.9. The second-order valence-electron chi connectivity index (χ2n) is 13.6. The molecule has 8 bridgehead atoms. The van der Waals surface area contributed by atoms with Gasteiger partial charge in [0.15, 0.2) is 0 Å². The molecular formula is C32H40Cl2P2Ti. The van der Waals surface area contributed by atoms with Crippen LogP contribution in [-0.2, 0) is 21.7 Å². The van der Waals surface area contributed by atoms with Gasteiger partial charge in [-0.05, 0) is 75.0 Å². The van der Waals surface area contributed by atoms with Gasteiger partial charge in [0.2, 0.25) is 0 Å². The molecular weight excluding hydrogens is 565 g/mol. The third-order valence-electron chi connectivity index (χ3n) is 10.8. The molecule has 4 fully saturated rings. The Morgan fingerprint density at radius 3 is 1.19 bits per heavy atom. The van der Waals surface area contributed by atoms with E-state index in [1.54, 1.807) is 0 Å². The van der Waals surface area contributed by atoms with Gasteiger partial charge in [0.1, 0.15) is 22.5 Å². The Morgan fingerprint density at radius 1 is 0.568 bits per heavy atom. The molecule has 0 spiro atoms. The van der Waals surface area contributed by atoms with Gasteiger partial charge in [-0.1, -0.05) is 85.3 Å². The standard InChI is InChI=1S/2C16H20ClP.Ti/c2*17-18(11-15-5-1-13(9-15)2-6-15)12-16-7-3-14(10-16)4-8-16;/h2*1,3,5,7,11-14H,2,4,6,8-10H2;. The van der Waals surface area contributed by atoms with Gasteiger partial charge in [-0.15, -0.1) is 12.2 Å². The molecule has 8 rings (SSSR count). The van der Waals surface area contributed by atoms with Crippen molar-refractivity contribution in [3.05, 3.63) is 60.9 Å². The number of hydrogen-bond donors (Lipinski definition) is 0. The molecule has 10 unspecified atom stereocenters. The van der Waals surface area contributed by atoms with E-state index < -0.39 is 13.8 Å². The van der Waals surface area contributed by atoms with E-state index in [9.17, 15) is 0 Å². The van der Waals surface area contributed by atoms with Gasteiger partial charge in [-0.3, -0.25) is 0 Å². The summed E-state index contributed by atoms with van der Waals surface area (Å²) in [4.78, 5) is 0. The summed E-state index contributed by atoms with van der Waals surface area (Å²) in [6.07, 6.45) is 40.5. The molecule has 5 heteroatoms. The number of allylic oxidation sites excluding steroid dienone is 8. The molecule has 0 aromatic heterocycles. The molecule has 0 saturated heterocycles. The van der Waals surface area contributed by atoms with Gasteiger partial charge in [0, 0.05) is 32.5 Å². The molecule has 0 amide bonds. The summed E-state index contributed by atoms with van der Waals surface area (Å²) in [5, 5.41) is 0. The predicted molar refractivity (Wildman–Crippen MR) is 162 cm³/mol. The number of rotatable bonds is 6. The molecule has 8 aliphatic carbocycles. The van der Waals surface area contributed by atoms with Crippen LogP contribution in [0.5, 0.6) is 0 Å². The van der Waals surface area contributed by atoms with Crippen molar-refractivity contribution in [1.29, 1.82) is 0 Å². The Hall–Kier alpha value is 0.594. The van der Waals surface area contributed by atoms with E-state index in [4.69, 9.17) is 22.5 Å². The maximum Gasteiger partial charge on any atom is 0.119 e. The SMILES string of the molecule is Cl/[P+](=C\C12C=CC(CC1)C2)[CH-]C12C=CC(CC1)C2.Cl/[P+](=C\C12C=CC(CC1)C2)[CH-]C12C=CC(CC1)C2.[Ti]. The van der Waals surface area contributed by atoms with Crippen LogP contribution in [0.1, 0.15) is 77.0 Å². The van der Waals surface area contributed by atoms with Crippen LogP contribution in [0, 0.1) is 57.7 Å². The monoisotopic (exact) mass is 604 g/mol. The topological polar surface area (TPSA) is 0 Å². The van der Waals surface area contributed by atoms with Crippen LogP contribution in [-0.4, -0.2) is 11.6 Å². The van der Waals surface area contributed by atoms with Gasteiger partial charge in [0.25, 0.3) is 0 Å². The number of halogens is 2. The molecule has 8 aliphatic rings. The van der Waals surface area contributed by atoms with E-state index in [1.807, 2.05) is 0 Å². The summed E-state index contributed by atoms with van der Waals surface area (Å²) in [7, 11) is 0. The van der Waals surface area contributed by atoms with Gasteiger partial charge < -0.3 is 0 Å². The first-order valence-corrected chi connectivity index (χ1v) is 19.2. The first-order valence-electron chi connectivity index (χ1n) is 14.4. The molecule has 0 N–H and O–H groups in total. The molecule has 0 nitrogen and oxygen atoms in total. The largest absolute Gasteiger partial charge is 0.119 e. The molecule has 37 heavy (non-hydrogen) atoms. The van der Waals surface area contributed by atoms with Gasteiger partial charge in [-0.25, -0.2) is 0 Å². The zero-order valence-corrected chi connectivity index (χ0v) is 26.7. The van der Waals surface area contributed by atoms with Crippen molar-refractivity contribution in [2.45, 2.75) is 77.0 Å². The van der Waals surface area contributed by atoms with E-state index in [-0.39, 0.29) is 21.7 Å². The maximum atomic E-state index is 6.70. The minimum absolute atomic E-state index is 0. The van der Waals surface area contributed by atoms with Crippen molar-refractivity contribution in [1.82, 2.24) is 0 Å². The van der Waals surface area contributed by atoms with Gasteiger partial charge in [0.05, 0.1) is 25.4 Å². The summed E-state index contributed by atoms with van der Waals surface area (Å²) in [6.45, 7) is -1.08. The Bertz CT molecular complexity index is 1020. The van der Waals surface area contributed by atoms with E-state index in [0.717, 1.165) is 23.7 Å². The maximum absolute atomic E-state index is 6.70. The fourth-order valence-corrected chi connectivity index (χ4v) is 14.6. The summed E-state index contributed by atoms with van der Waals surface area (Å²) >= 11 is 13.4. The average Bonchev–Trinajstić information content (AvgIpc) is 3.70. The first-order chi connectivity index (χ1) is 17.3. The molecule has 0 heterocycles. The van der Waals surface area contributed by atoms with Gasteiger partial charge in [-0.2, -0.15) is 0 Å². The van der Waals surface area contributed by atoms with E-state index in [1.165, 1.54) is 77.0 Å². The second kappa shape index (κ2) is 10.5. The molecule has 0 aromatic rings. The van der Waals surface area contributed by atoms with Crippen molar-refractivity contribution in [3.63, 3.8) is 0 Å². The fraction of sp³-hybridized carbons (Fsp3) is 0.625. The van der Waals surface area contributed by atoms with Crippen molar-refractivity contribution >= 4 is 47.9 Å². The Morgan fingerprint density at radius 2 is 0.946 bits per heavy atom. The minimum Gasteiger partial charge on any atom is -0.108 e. The van der Waals surface area contributed by atoms with E-state index in [0.29, 0.717) is 21.7 Å². The summed E-state index contributed by atoms with van der Waals surface area (Å²) in [5.74, 6) is 8.37. The van der Waals surface area contributed by atoms with Crippen LogP contribution in [0.25, 0.3) is 0 Å². The second-order valence-corrected chi connectivity index (χ2v) is 18.3. The predicted octanol–water partition coefficient (Wildman–Crippen LogP) is 10.6. The third kappa shape index (κ3) is 5.58. The Kier molecular flexibility index (Phi) is 7.84. The summed E-state index contributed by atoms with van der Waals surface area (Å²) in [5.41, 5.74) is 1.47. The van der Waals surface area contributed by atoms with Crippen LogP contribution in [0.2, 0.25) is 0 Å². The number of fused-ring (bicyclic) bond motifs is 8. The summed E-state index contributed by atoms with van der Waals surface area (Å²) in [6, 6.07) is 0. The Balaban J connectivity index is 0.000000133. The van der Waals surface area contributed by atoms with Crippen LogP contribution < -0.4 is 0 Å². The molecule has 196 valence electrons. The third-order valence-corrected chi connectivity index (χ3v) is 15.0. The van der Waals surface area contributed by atoms with Crippen LogP contribution >= 0.6 is 36.3 Å². The molecule has 4 saturated carbocycles. The Labute approximate surface area is 251 Å². The normalized spacial score (nSPS) is 47.3. The first kappa shape index (κ1) is 27.7. The zero-order chi connectivity index (χ0) is 24.4. The van der Waals surface area contributed by atoms with Crippen LogP contribution in [0.3, 0.4) is 0 Å². The fourth-order valence-electron chi connectivity index (χ4n) is 8.86. The van der Waals surface area contributed by atoms with Crippen LogP contribution in [0.4, 0.5) is 0 Å². The quantitative estimate of drug-likeness (QED) is 0.122. The van der Waals surface area contributed by atoms with E-state index >= 15 is 0 Å². The van der Waals surface area contributed by atoms with Crippen molar-refractivity contribution in [2.75, 3.05) is 0 Å².